The summed E-state index contributed by atoms with van der Waals surface area (Å²) in [6, 6.07) is 10.8. The van der Waals surface area contributed by atoms with Crippen molar-refractivity contribution in [2.24, 2.45) is 0 Å². The lowest BCUT2D eigenvalue weighted by molar-refractivity contribution is 0.353. The average Bonchev–Trinajstić information content (AvgIpc) is 2.56. The Labute approximate surface area is 129 Å². The molecule has 2 heterocycles. The van der Waals surface area contributed by atoms with Gasteiger partial charge in [0, 0.05) is 18.3 Å². The summed E-state index contributed by atoms with van der Waals surface area (Å²) in [4.78, 5) is 4.24. The number of benzene rings is 1. The molecule has 1 aromatic carbocycles. The largest absolute Gasteiger partial charge is 0.487 e. The molecular formula is C16H16N2O3S. The van der Waals surface area contributed by atoms with Gasteiger partial charge in [0.05, 0.1) is 11.9 Å². The molecule has 0 unspecified atom stereocenters. The zero-order chi connectivity index (χ0) is 15.6. The van der Waals surface area contributed by atoms with Crippen molar-refractivity contribution < 1.29 is 13.2 Å². The Balaban J connectivity index is 2.02. The number of hydrogen-bond donors (Lipinski definition) is 0. The molecule has 0 bridgehead atoms. The van der Waals surface area contributed by atoms with E-state index in [1.165, 1.54) is 4.31 Å². The summed E-state index contributed by atoms with van der Waals surface area (Å²) >= 11 is 0. The Morgan fingerprint density at radius 1 is 1.23 bits per heavy atom. The molecule has 1 aliphatic heterocycles. The van der Waals surface area contributed by atoms with Crippen molar-refractivity contribution in [3.05, 3.63) is 59.3 Å². The van der Waals surface area contributed by atoms with E-state index in [-0.39, 0.29) is 11.5 Å². The first-order valence-corrected chi connectivity index (χ1v) is 8.42. The van der Waals surface area contributed by atoms with Gasteiger partial charge in [-0.3, -0.25) is 9.29 Å². The third kappa shape index (κ3) is 2.57. The number of sulfonamides is 1. The van der Waals surface area contributed by atoms with Crippen LogP contribution in [0.1, 0.15) is 12.5 Å². The number of hydrogen-bond acceptors (Lipinski definition) is 4. The zero-order valence-corrected chi connectivity index (χ0v) is 13.0. The fourth-order valence-corrected chi connectivity index (χ4v) is 3.87. The van der Waals surface area contributed by atoms with Crippen LogP contribution in [0.4, 0.5) is 5.69 Å². The first-order valence-electron chi connectivity index (χ1n) is 6.98. The Hall–Kier alpha value is -2.34. The number of nitrogens with zero attached hydrogens (tertiary/aromatic N) is 2. The van der Waals surface area contributed by atoms with Crippen molar-refractivity contribution in [3.63, 3.8) is 0 Å². The van der Waals surface area contributed by atoms with E-state index in [2.05, 4.69) is 4.98 Å². The zero-order valence-electron chi connectivity index (χ0n) is 12.1. The number of para-hydroxylation sites is 1. The monoisotopic (exact) mass is 316 g/mol. The fraction of sp³-hybridized carbons (Fsp3) is 0.188. The molecule has 0 saturated carbocycles. The molecule has 6 heteroatoms. The molecule has 0 aliphatic carbocycles. The molecule has 2 aromatic rings. The van der Waals surface area contributed by atoms with E-state index in [0.717, 1.165) is 5.56 Å². The predicted octanol–water partition coefficient (Wildman–Crippen LogP) is 2.67. The van der Waals surface area contributed by atoms with Gasteiger partial charge >= 0.3 is 0 Å². The molecular weight excluding hydrogens is 300 g/mol. The second-order valence-electron chi connectivity index (χ2n) is 4.82. The maximum Gasteiger partial charge on any atom is 0.263 e. The van der Waals surface area contributed by atoms with E-state index in [0.29, 0.717) is 18.0 Å². The van der Waals surface area contributed by atoms with Crippen LogP contribution in [-0.2, 0) is 10.0 Å². The molecule has 22 heavy (non-hydrogen) atoms. The van der Waals surface area contributed by atoms with E-state index < -0.39 is 10.0 Å². The molecule has 0 fully saturated rings. The Bertz CT molecular complexity index is 801. The van der Waals surface area contributed by atoms with E-state index in [4.69, 9.17) is 4.74 Å². The lowest BCUT2D eigenvalue weighted by Crippen LogP contribution is -2.34. The summed E-state index contributed by atoms with van der Waals surface area (Å²) in [7, 11) is -3.64. The highest BCUT2D eigenvalue weighted by Gasteiger charge is 2.29. The standard InChI is InChI=1S/C16H16N2O3S/c1-2-18(14-7-5-9-17-11-14)22(19,20)15-10-13-6-3-4-8-16(13)21-12-15/h3-11H,2,12H2,1H3. The summed E-state index contributed by atoms with van der Waals surface area (Å²) in [5, 5.41) is 0. The van der Waals surface area contributed by atoms with Gasteiger partial charge < -0.3 is 4.74 Å². The molecule has 0 atom stereocenters. The van der Waals surface area contributed by atoms with Gasteiger partial charge in [-0.1, -0.05) is 18.2 Å². The number of anilines is 1. The molecule has 0 radical (unpaired) electrons. The van der Waals surface area contributed by atoms with Gasteiger partial charge in [0.25, 0.3) is 10.0 Å². The summed E-state index contributed by atoms with van der Waals surface area (Å²) in [5.41, 5.74) is 1.32. The quantitative estimate of drug-likeness (QED) is 0.870. The highest BCUT2D eigenvalue weighted by Crippen LogP contribution is 2.30. The van der Waals surface area contributed by atoms with Crippen molar-refractivity contribution in [2.75, 3.05) is 17.5 Å². The van der Waals surface area contributed by atoms with Crippen LogP contribution in [0.5, 0.6) is 5.75 Å². The van der Waals surface area contributed by atoms with Gasteiger partial charge in [-0.15, -0.1) is 0 Å². The molecule has 0 saturated heterocycles. The second-order valence-corrected chi connectivity index (χ2v) is 6.73. The van der Waals surface area contributed by atoms with Crippen molar-refractivity contribution in [3.8, 4) is 5.75 Å². The van der Waals surface area contributed by atoms with Gasteiger partial charge in [-0.25, -0.2) is 8.42 Å². The van der Waals surface area contributed by atoms with Crippen LogP contribution in [0.25, 0.3) is 6.08 Å². The molecule has 5 nitrogen and oxygen atoms in total. The number of rotatable bonds is 4. The minimum atomic E-state index is -3.64. The predicted molar refractivity (Wildman–Crippen MR) is 86.1 cm³/mol. The lowest BCUT2D eigenvalue weighted by atomic mass is 10.1. The molecule has 0 spiro atoms. The van der Waals surface area contributed by atoms with Crippen LogP contribution in [-0.4, -0.2) is 26.6 Å². The minimum Gasteiger partial charge on any atom is -0.487 e. The van der Waals surface area contributed by atoms with Gasteiger partial charge in [-0.05, 0) is 31.2 Å². The van der Waals surface area contributed by atoms with Crippen LogP contribution < -0.4 is 9.04 Å². The van der Waals surface area contributed by atoms with Crippen LogP contribution in [0.2, 0.25) is 0 Å². The van der Waals surface area contributed by atoms with Crippen molar-refractivity contribution in [2.45, 2.75) is 6.92 Å². The Morgan fingerprint density at radius 3 is 2.77 bits per heavy atom. The molecule has 0 amide bonds. The minimum absolute atomic E-state index is 0.0378. The number of pyridine rings is 1. The number of aromatic nitrogens is 1. The van der Waals surface area contributed by atoms with Crippen molar-refractivity contribution in [1.82, 2.24) is 4.98 Å². The van der Waals surface area contributed by atoms with Crippen LogP contribution >= 0.6 is 0 Å². The maximum atomic E-state index is 12.9. The number of ether oxygens (including phenoxy) is 1. The van der Waals surface area contributed by atoms with E-state index >= 15 is 0 Å². The summed E-state index contributed by atoms with van der Waals surface area (Å²) in [5.74, 6) is 0.700. The Morgan fingerprint density at radius 2 is 2.05 bits per heavy atom. The third-order valence-electron chi connectivity index (χ3n) is 3.45. The normalized spacial score (nSPS) is 13.8. The van der Waals surface area contributed by atoms with Crippen LogP contribution in [0, 0.1) is 0 Å². The molecule has 0 N–H and O–H groups in total. The van der Waals surface area contributed by atoms with Crippen LogP contribution in [0.3, 0.4) is 0 Å². The molecule has 1 aliphatic rings. The highest BCUT2D eigenvalue weighted by atomic mass is 32.2. The van der Waals surface area contributed by atoms with E-state index in [9.17, 15) is 8.42 Å². The highest BCUT2D eigenvalue weighted by molar-refractivity contribution is 7.96. The van der Waals surface area contributed by atoms with E-state index in [1.807, 2.05) is 24.3 Å². The lowest BCUT2D eigenvalue weighted by Gasteiger charge is -2.26. The molecule has 3 rings (SSSR count). The van der Waals surface area contributed by atoms with Crippen molar-refractivity contribution >= 4 is 21.8 Å². The number of fused-ring (bicyclic) bond motifs is 1. The third-order valence-corrected chi connectivity index (χ3v) is 5.40. The molecule has 1 aromatic heterocycles. The summed E-state index contributed by atoms with van der Waals surface area (Å²) < 4.78 is 32.7. The second kappa shape index (κ2) is 5.81. The van der Waals surface area contributed by atoms with Gasteiger partial charge in [0.15, 0.2) is 0 Å². The smallest absolute Gasteiger partial charge is 0.263 e. The fourth-order valence-electron chi connectivity index (χ4n) is 2.38. The van der Waals surface area contributed by atoms with E-state index in [1.54, 1.807) is 37.5 Å². The first-order chi connectivity index (χ1) is 10.6. The summed E-state index contributed by atoms with van der Waals surface area (Å²) in [6.45, 7) is 2.16. The van der Waals surface area contributed by atoms with Gasteiger partial charge in [0.1, 0.15) is 17.3 Å². The van der Waals surface area contributed by atoms with Gasteiger partial charge in [0.2, 0.25) is 0 Å². The van der Waals surface area contributed by atoms with Gasteiger partial charge in [-0.2, -0.15) is 0 Å². The molecule has 114 valence electrons. The first kappa shape index (κ1) is 14.6. The van der Waals surface area contributed by atoms with Crippen molar-refractivity contribution in [1.29, 1.82) is 0 Å². The Kier molecular flexibility index (Phi) is 3.85. The average molecular weight is 316 g/mol. The SMILES string of the molecule is CCN(c1cccnc1)S(=O)(=O)C1=Cc2ccccc2OC1. The maximum absolute atomic E-state index is 12.9. The van der Waals surface area contributed by atoms with Crippen LogP contribution in [0.15, 0.2) is 53.7 Å². The summed E-state index contributed by atoms with van der Waals surface area (Å²) in [6.07, 6.45) is 4.83. The topological polar surface area (TPSA) is 59.5 Å².